The summed E-state index contributed by atoms with van der Waals surface area (Å²) in [6.45, 7) is 50.5. The SMILES string of the molecule is C=C(C)C(=O)NC(C)N1CCCC1=O.C=C(C)C(=O)NCCN1CCCC1=O.C=C(C)C(=O)OC(C)N1CCCC1=O.C=C(C)C(=O)OCCN1CCCC1=O.C=CC(=O)NC(C)N1CCCC1=O.C=CC(=O)NCCN1CCCC1=O.C=CC(=O)OC(C)N1CCCC1=O.C=CC(=O)OCCN1CCCC1=O. The summed E-state index contributed by atoms with van der Waals surface area (Å²) in [5.41, 5.74) is 1.70. The lowest BCUT2D eigenvalue weighted by Crippen LogP contribution is -2.46. The zero-order valence-electron chi connectivity index (χ0n) is 64.6. The number of carbonyl (C=O) groups excluding carboxylic acids is 16. The van der Waals surface area contributed by atoms with Crippen LogP contribution in [0.5, 0.6) is 0 Å². The molecule has 8 heterocycles. The Morgan fingerprint density at radius 3 is 1.01 bits per heavy atom. The third kappa shape index (κ3) is 38.1. The smallest absolute Gasteiger partial charge is 0.335 e. The van der Waals surface area contributed by atoms with Gasteiger partial charge in [0.15, 0.2) is 12.5 Å². The Kier molecular flexibility index (Phi) is 46.3. The third-order valence-corrected chi connectivity index (χ3v) is 16.9. The lowest BCUT2D eigenvalue weighted by atomic mass is 10.3. The van der Waals surface area contributed by atoms with E-state index in [2.05, 4.69) is 73.9 Å². The highest BCUT2D eigenvalue weighted by Gasteiger charge is 2.31. The van der Waals surface area contributed by atoms with E-state index in [9.17, 15) is 76.7 Å². The van der Waals surface area contributed by atoms with Gasteiger partial charge in [-0.1, -0.05) is 52.6 Å². The highest BCUT2D eigenvalue weighted by Crippen LogP contribution is 2.18. The number of carbonyl (C=O) groups is 16. The number of ether oxygens (including phenoxy) is 4. The number of amides is 12. The Morgan fingerprint density at radius 1 is 0.361 bits per heavy atom. The van der Waals surface area contributed by atoms with Gasteiger partial charge in [-0.15, -0.1) is 0 Å². The molecule has 8 aliphatic heterocycles. The molecule has 32 heteroatoms. The molecule has 8 fully saturated rings. The average molecular weight is 1520 g/mol. The van der Waals surface area contributed by atoms with Gasteiger partial charge in [0.25, 0.3) is 0 Å². The Hall–Kier alpha value is -10.6. The Labute approximate surface area is 635 Å². The predicted octanol–water partition coefficient (Wildman–Crippen LogP) is 3.94. The van der Waals surface area contributed by atoms with Crippen molar-refractivity contribution in [3.63, 3.8) is 0 Å². The van der Waals surface area contributed by atoms with Crippen molar-refractivity contribution in [3.8, 4) is 0 Å². The van der Waals surface area contributed by atoms with Crippen LogP contribution in [-0.4, -0.2) is 264 Å². The standard InChI is InChI=1S/2C10H16N2O2.2C10H15NO3.2C9H14N2O2.2C9H13NO3/c1-7(2)10(14)11-8(3)12-6-4-5-9(12)13;1-8(2)10(14)11-5-7-12-6-3-4-9(12)13;1-7(2)10(13)14-8(3)11-6-4-5-9(11)12;1-8(2)10(13)14-7-6-11-5-3-4-9(11)12;1-3-8(12)10-7(2)11-6-4-5-9(11)13;1-2-8(12)10-5-7-11-6-3-4-9(11)13;1-3-9(12)13-7(2)10-6-4-5-8(10)11;1-2-9(12)13-7-6-10-5-3-4-8(10)11/h8H,1,4-6H2,2-3H3,(H,11,14);1,3-7H2,2H3,(H,11,14);8H,1,4-6H2,2-3H3;1,3-7H2,2H3;3,7H,1,4-6H2,2H3,(H,10,12);2H,1,3-7H2,(H,10,12);3,7H,1,4-6H2,2H3;2H,1,3-7H2. The van der Waals surface area contributed by atoms with Crippen molar-refractivity contribution in [2.45, 2.75) is 183 Å². The molecule has 0 bridgehead atoms. The lowest BCUT2D eigenvalue weighted by Gasteiger charge is -2.25. The minimum atomic E-state index is -0.493. The molecule has 0 aromatic heterocycles. The van der Waals surface area contributed by atoms with Crippen LogP contribution in [0.4, 0.5) is 0 Å². The molecule has 8 saturated heterocycles. The first-order valence-corrected chi connectivity index (χ1v) is 36.4. The minimum Gasteiger partial charge on any atom is -0.461 e. The van der Waals surface area contributed by atoms with E-state index in [1.54, 1.807) is 87.7 Å². The minimum absolute atomic E-state index is 0.0457. The Morgan fingerprint density at radius 2 is 0.685 bits per heavy atom. The van der Waals surface area contributed by atoms with Crippen LogP contribution in [0.1, 0.15) is 158 Å². The fourth-order valence-corrected chi connectivity index (χ4v) is 10.9. The molecule has 12 amide bonds. The number of likely N-dealkylation sites (tertiary alicyclic amines) is 8. The summed E-state index contributed by atoms with van der Waals surface area (Å²) < 4.78 is 19.6. The van der Waals surface area contributed by atoms with Gasteiger partial charge in [0.05, 0.1) is 13.1 Å². The van der Waals surface area contributed by atoms with Crippen LogP contribution in [0.25, 0.3) is 0 Å². The van der Waals surface area contributed by atoms with Gasteiger partial charge in [-0.2, -0.15) is 0 Å². The Balaban J connectivity index is 0.000000617. The van der Waals surface area contributed by atoms with Crippen LogP contribution in [0, 0.1) is 0 Å². The number of hydrogen-bond acceptors (Lipinski definition) is 20. The summed E-state index contributed by atoms with van der Waals surface area (Å²) >= 11 is 0. The third-order valence-electron chi connectivity index (χ3n) is 16.9. The molecule has 4 unspecified atom stereocenters. The molecule has 0 radical (unpaired) electrons. The molecule has 8 rings (SSSR count). The van der Waals surface area contributed by atoms with E-state index >= 15 is 0 Å². The zero-order chi connectivity index (χ0) is 81.6. The fourth-order valence-electron chi connectivity index (χ4n) is 10.9. The molecule has 600 valence electrons. The first-order valence-electron chi connectivity index (χ1n) is 36.4. The van der Waals surface area contributed by atoms with E-state index in [0.29, 0.717) is 126 Å². The monoisotopic (exact) mass is 1520 g/mol. The molecule has 0 aromatic carbocycles. The van der Waals surface area contributed by atoms with Gasteiger partial charge < -0.3 is 79.4 Å². The number of nitrogens with zero attached hydrogens (tertiary/aromatic N) is 8. The molecule has 0 aliphatic carbocycles. The van der Waals surface area contributed by atoms with Crippen molar-refractivity contribution >= 4 is 94.8 Å². The fraction of sp³-hybridized carbons (Fsp3) is 0.579. The first kappa shape index (κ1) is 95.5. The summed E-state index contributed by atoms with van der Waals surface area (Å²) in [4.78, 5) is 191. The molecular weight excluding hydrogens is 1400 g/mol. The van der Waals surface area contributed by atoms with Gasteiger partial charge in [-0.3, -0.25) is 57.5 Å². The second-order valence-corrected chi connectivity index (χ2v) is 25.9. The highest BCUT2D eigenvalue weighted by atomic mass is 16.6. The van der Waals surface area contributed by atoms with Crippen molar-refractivity contribution in [1.82, 2.24) is 60.5 Å². The summed E-state index contributed by atoms with van der Waals surface area (Å²) in [6.07, 6.45) is 15.2. The maximum absolute atomic E-state index is 11.3. The second-order valence-electron chi connectivity index (χ2n) is 25.9. The van der Waals surface area contributed by atoms with Crippen molar-refractivity contribution in [1.29, 1.82) is 0 Å². The summed E-state index contributed by atoms with van der Waals surface area (Å²) in [5.74, 6) is -1.55. The first-order chi connectivity index (χ1) is 51.0. The van der Waals surface area contributed by atoms with E-state index in [4.69, 9.17) is 18.9 Å². The maximum atomic E-state index is 11.3. The second kappa shape index (κ2) is 52.4. The summed E-state index contributed by atoms with van der Waals surface area (Å²) in [5, 5.41) is 10.7. The topological polar surface area (TPSA) is 384 Å². The van der Waals surface area contributed by atoms with E-state index in [1.807, 2.05) is 6.92 Å². The van der Waals surface area contributed by atoms with E-state index in [-0.39, 0.29) is 96.4 Å². The maximum Gasteiger partial charge on any atom is 0.335 e. The molecule has 8 aliphatic rings. The quantitative estimate of drug-likeness (QED) is 0.0489. The number of nitrogens with one attached hydrogen (secondary N) is 4. The number of rotatable bonds is 28. The van der Waals surface area contributed by atoms with Crippen molar-refractivity contribution in [2.24, 2.45) is 0 Å². The van der Waals surface area contributed by atoms with Crippen LogP contribution in [-0.2, 0) is 95.7 Å². The van der Waals surface area contributed by atoms with Gasteiger partial charge in [0.2, 0.25) is 70.9 Å². The van der Waals surface area contributed by atoms with Crippen molar-refractivity contribution < 1.29 is 95.7 Å². The predicted molar refractivity (Wildman–Crippen MR) is 401 cm³/mol. The average Bonchev–Trinajstić information content (AvgIpc) is 1.75. The van der Waals surface area contributed by atoms with Crippen LogP contribution in [0.15, 0.2) is 99.2 Å². The van der Waals surface area contributed by atoms with E-state index < -0.39 is 36.3 Å². The van der Waals surface area contributed by atoms with Crippen molar-refractivity contribution in [3.05, 3.63) is 99.2 Å². The largest absolute Gasteiger partial charge is 0.461 e. The van der Waals surface area contributed by atoms with Gasteiger partial charge in [0, 0.05) is 164 Å². The Bertz CT molecular complexity index is 3030. The van der Waals surface area contributed by atoms with E-state index in [0.717, 1.165) is 103 Å². The molecule has 0 aromatic rings. The molecule has 0 saturated carbocycles. The van der Waals surface area contributed by atoms with Gasteiger partial charge in [0.1, 0.15) is 25.5 Å². The van der Waals surface area contributed by atoms with Crippen molar-refractivity contribution in [2.75, 3.05) is 105 Å². The van der Waals surface area contributed by atoms with Crippen LogP contribution < -0.4 is 21.3 Å². The molecule has 108 heavy (non-hydrogen) atoms. The molecule has 32 nitrogen and oxygen atoms in total. The normalized spacial score (nSPS) is 17.1. The number of hydrogen-bond donors (Lipinski definition) is 4. The molecular formula is C76H116N12O20. The van der Waals surface area contributed by atoms with E-state index in [1.165, 1.54) is 12.2 Å². The molecule has 0 spiro atoms. The van der Waals surface area contributed by atoms with Crippen LogP contribution in [0.3, 0.4) is 0 Å². The molecule has 4 N–H and O–H groups in total. The van der Waals surface area contributed by atoms with Crippen LogP contribution in [0.2, 0.25) is 0 Å². The van der Waals surface area contributed by atoms with Gasteiger partial charge >= 0.3 is 23.9 Å². The van der Waals surface area contributed by atoms with Gasteiger partial charge in [-0.05, 0) is 119 Å². The number of esters is 4. The van der Waals surface area contributed by atoms with Gasteiger partial charge in [-0.25, -0.2) is 19.2 Å². The highest BCUT2D eigenvalue weighted by molar-refractivity contribution is 5.93. The summed E-state index contributed by atoms with van der Waals surface area (Å²) in [6, 6.07) is 0. The lowest BCUT2D eigenvalue weighted by molar-refractivity contribution is -0.158. The summed E-state index contributed by atoms with van der Waals surface area (Å²) in [7, 11) is 0. The zero-order valence-corrected chi connectivity index (χ0v) is 64.6. The van der Waals surface area contributed by atoms with Crippen LogP contribution >= 0.6 is 0 Å². The molecule has 4 atom stereocenters.